The maximum atomic E-state index is 6.65. The molecule has 0 radical (unpaired) electrons. The first-order valence-electron chi connectivity index (χ1n) is 10.3. The van der Waals surface area contributed by atoms with Gasteiger partial charge >= 0.3 is 0 Å². The molecule has 148 valence electrons. The topological polar surface area (TPSA) is 80.2 Å². The third-order valence-electron chi connectivity index (χ3n) is 5.94. The van der Waals surface area contributed by atoms with Crippen molar-refractivity contribution in [2.75, 3.05) is 0 Å². The van der Waals surface area contributed by atoms with Crippen molar-refractivity contribution >= 4 is 11.6 Å². The van der Waals surface area contributed by atoms with Crippen molar-refractivity contribution in [3.05, 3.63) is 64.9 Å². The molecule has 2 aromatic heterocycles. The van der Waals surface area contributed by atoms with E-state index >= 15 is 0 Å². The van der Waals surface area contributed by atoms with Crippen LogP contribution in [0.1, 0.15) is 48.6 Å². The van der Waals surface area contributed by atoms with Gasteiger partial charge in [0.15, 0.2) is 0 Å². The fourth-order valence-corrected chi connectivity index (χ4v) is 4.50. The van der Waals surface area contributed by atoms with E-state index < -0.39 is 0 Å². The average Bonchev–Trinajstić information content (AvgIpc) is 3.72. The summed E-state index contributed by atoms with van der Waals surface area (Å²) in [5.41, 5.74) is 7.67. The van der Waals surface area contributed by atoms with Crippen LogP contribution >= 0.6 is 11.6 Å². The van der Waals surface area contributed by atoms with Gasteiger partial charge in [0.05, 0.1) is 5.69 Å². The number of halogens is 1. The van der Waals surface area contributed by atoms with E-state index in [4.69, 9.17) is 11.6 Å². The van der Waals surface area contributed by atoms with E-state index in [2.05, 4.69) is 67.0 Å². The van der Waals surface area contributed by atoms with Crippen molar-refractivity contribution in [1.82, 2.24) is 30.6 Å². The highest BCUT2D eigenvalue weighted by Gasteiger charge is 2.31. The molecule has 0 spiro atoms. The molecule has 0 atom stereocenters. The van der Waals surface area contributed by atoms with Crippen LogP contribution in [0, 0.1) is 0 Å². The second kappa shape index (κ2) is 6.99. The highest BCUT2D eigenvalue weighted by molar-refractivity contribution is 6.31. The predicted octanol–water partition coefficient (Wildman–Crippen LogP) is 5.40. The van der Waals surface area contributed by atoms with Gasteiger partial charge in [-0.3, -0.25) is 0 Å². The molecule has 0 amide bonds. The number of hydrogen-bond donors (Lipinski definition) is 1. The van der Waals surface area contributed by atoms with E-state index in [0.29, 0.717) is 23.4 Å². The smallest absolute Gasteiger partial charge is 0.223 e. The average molecular weight is 415 g/mol. The van der Waals surface area contributed by atoms with Crippen LogP contribution in [0.2, 0.25) is 5.02 Å². The van der Waals surface area contributed by atoms with Crippen molar-refractivity contribution in [2.24, 2.45) is 0 Å². The molecule has 2 aromatic carbocycles. The van der Waals surface area contributed by atoms with Crippen LogP contribution in [0.3, 0.4) is 0 Å². The molecule has 0 bridgehead atoms. The Balaban J connectivity index is 1.47. The van der Waals surface area contributed by atoms with Crippen molar-refractivity contribution in [2.45, 2.75) is 37.5 Å². The lowest BCUT2D eigenvalue weighted by Crippen LogP contribution is -1.97. The number of aromatic amines is 1. The first-order chi connectivity index (χ1) is 14.8. The molecule has 0 aliphatic heterocycles. The van der Waals surface area contributed by atoms with E-state index in [1.807, 2.05) is 6.07 Å². The number of aromatic nitrogens is 6. The fourth-order valence-electron chi connectivity index (χ4n) is 4.17. The number of nitrogens with one attached hydrogen (secondary N) is 1. The summed E-state index contributed by atoms with van der Waals surface area (Å²) >= 11 is 6.65. The molecule has 2 fully saturated rings. The molecule has 2 saturated carbocycles. The molecule has 6 nitrogen and oxygen atoms in total. The molecular weight excluding hydrogens is 396 g/mol. The zero-order valence-corrected chi connectivity index (χ0v) is 17.0. The van der Waals surface area contributed by atoms with Crippen molar-refractivity contribution < 1.29 is 0 Å². The first kappa shape index (κ1) is 17.7. The third-order valence-corrected chi connectivity index (χ3v) is 6.27. The third kappa shape index (κ3) is 3.17. The van der Waals surface area contributed by atoms with Gasteiger partial charge in [0.25, 0.3) is 0 Å². The van der Waals surface area contributed by atoms with Gasteiger partial charge in [0, 0.05) is 10.6 Å². The Kier molecular flexibility index (Phi) is 4.13. The summed E-state index contributed by atoms with van der Waals surface area (Å²) < 4.78 is 0. The molecule has 4 aromatic rings. The molecule has 7 heteroatoms. The van der Waals surface area contributed by atoms with Gasteiger partial charge in [0.1, 0.15) is 12.0 Å². The van der Waals surface area contributed by atoms with Crippen LogP contribution in [-0.2, 0) is 0 Å². The second-order valence-electron chi connectivity index (χ2n) is 8.08. The van der Waals surface area contributed by atoms with Gasteiger partial charge in [-0.25, -0.2) is 9.97 Å². The Labute approximate surface area is 178 Å². The summed E-state index contributed by atoms with van der Waals surface area (Å²) in [5.74, 6) is 1.65. The lowest BCUT2D eigenvalue weighted by Gasteiger charge is -2.16. The lowest BCUT2D eigenvalue weighted by atomic mass is 9.90. The number of nitrogens with zero attached hydrogens (tertiary/aromatic N) is 5. The van der Waals surface area contributed by atoms with Gasteiger partial charge in [-0.05, 0) is 77.1 Å². The van der Waals surface area contributed by atoms with Gasteiger partial charge in [-0.1, -0.05) is 41.9 Å². The van der Waals surface area contributed by atoms with Crippen LogP contribution in [0.15, 0.2) is 48.8 Å². The van der Waals surface area contributed by atoms with Crippen LogP contribution < -0.4 is 0 Å². The fraction of sp³-hybridized carbons (Fsp3) is 0.261. The number of H-pyrrole nitrogens is 1. The molecule has 2 aliphatic rings. The Morgan fingerprint density at radius 2 is 1.67 bits per heavy atom. The van der Waals surface area contributed by atoms with E-state index in [1.54, 1.807) is 6.33 Å². The minimum Gasteiger partial charge on any atom is -0.236 e. The van der Waals surface area contributed by atoms with Crippen LogP contribution in [0.5, 0.6) is 0 Å². The minimum atomic E-state index is 0.463. The summed E-state index contributed by atoms with van der Waals surface area (Å²) in [4.78, 5) is 8.87. The molecule has 2 heterocycles. The Bertz CT molecular complexity index is 1230. The number of hydrogen-bond acceptors (Lipinski definition) is 5. The van der Waals surface area contributed by atoms with Crippen molar-refractivity contribution in [3.8, 4) is 33.9 Å². The van der Waals surface area contributed by atoms with Gasteiger partial charge in [-0.2, -0.15) is 5.21 Å². The zero-order chi connectivity index (χ0) is 20.1. The summed E-state index contributed by atoms with van der Waals surface area (Å²) in [6.45, 7) is 0. The van der Waals surface area contributed by atoms with E-state index in [1.165, 1.54) is 47.9 Å². The summed E-state index contributed by atoms with van der Waals surface area (Å²) in [5, 5.41) is 15.1. The molecule has 30 heavy (non-hydrogen) atoms. The number of benzene rings is 2. The zero-order valence-electron chi connectivity index (χ0n) is 16.2. The molecule has 0 saturated heterocycles. The Morgan fingerprint density at radius 3 is 2.40 bits per heavy atom. The Morgan fingerprint density at radius 1 is 0.867 bits per heavy atom. The van der Waals surface area contributed by atoms with E-state index in [0.717, 1.165) is 16.3 Å². The quantitative estimate of drug-likeness (QED) is 0.473. The maximum Gasteiger partial charge on any atom is 0.223 e. The number of tetrazole rings is 1. The van der Waals surface area contributed by atoms with E-state index in [-0.39, 0.29) is 0 Å². The summed E-state index contributed by atoms with van der Waals surface area (Å²) in [6, 6.07) is 14.9. The highest BCUT2D eigenvalue weighted by Crippen LogP contribution is 2.49. The molecule has 1 N–H and O–H groups in total. The van der Waals surface area contributed by atoms with Crippen molar-refractivity contribution in [1.29, 1.82) is 0 Å². The SMILES string of the molecule is Clc1cc(-c2cccc(-c3cc(-c4nn[nH]n4)ncn3)c2C2CC2)ccc1C1CC1. The predicted molar refractivity (Wildman–Crippen MR) is 115 cm³/mol. The van der Waals surface area contributed by atoms with Gasteiger partial charge < -0.3 is 0 Å². The minimum absolute atomic E-state index is 0.463. The standard InChI is InChI=1S/C23H19ClN6/c24-19-10-15(8-9-16(19)13-4-5-13)17-2-1-3-18(22(17)14-6-7-14)20-11-21(26-12-25-20)23-27-29-30-28-23/h1-3,8-14H,4-7H2,(H,27,28,29,30). The molecule has 2 aliphatic carbocycles. The largest absolute Gasteiger partial charge is 0.236 e. The summed E-state index contributed by atoms with van der Waals surface area (Å²) in [7, 11) is 0. The van der Waals surface area contributed by atoms with Gasteiger partial charge in [0.2, 0.25) is 5.82 Å². The highest BCUT2D eigenvalue weighted by atomic mass is 35.5. The first-order valence-corrected chi connectivity index (χ1v) is 10.6. The van der Waals surface area contributed by atoms with Crippen LogP contribution in [0.4, 0.5) is 0 Å². The molecular formula is C23H19ClN6. The number of rotatable bonds is 5. The normalized spacial score (nSPS) is 16.0. The second-order valence-corrected chi connectivity index (χ2v) is 8.48. The Hall–Kier alpha value is -3.12. The van der Waals surface area contributed by atoms with Crippen LogP contribution in [-0.4, -0.2) is 30.6 Å². The van der Waals surface area contributed by atoms with Gasteiger partial charge in [-0.15, -0.1) is 10.2 Å². The van der Waals surface area contributed by atoms with Crippen molar-refractivity contribution in [3.63, 3.8) is 0 Å². The van der Waals surface area contributed by atoms with Crippen LogP contribution in [0.25, 0.3) is 33.9 Å². The molecule has 6 rings (SSSR count). The maximum absolute atomic E-state index is 6.65. The molecule has 0 unspecified atom stereocenters. The van der Waals surface area contributed by atoms with E-state index in [9.17, 15) is 0 Å². The lowest BCUT2D eigenvalue weighted by molar-refractivity contribution is 0.881. The summed E-state index contributed by atoms with van der Waals surface area (Å²) in [6.07, 6.45) is 6.45. The monoisotopic (exact) mass is 414 g/mol.